The van der Waals surface area contributed by atoms with E-state index in [0.29, 0.717) is 6.04 Å². The van der Waals surface area contributed by atoms with E-state index in [2.05, 4.69) is 25.1 Å². The molecule has 0 aromatic rings. The third-order valence-electron chi connectivity index (χ3n) is 2.21. The third kappa shape index (κ3) is 5.26. The van der Waals surface area contributed by atoms with Crippen LogP contribution in [0.25, 0.3) is 0 Å². The predicted octanol–water partition coefficient (Wildman–Crippen LogP) is 2.19. The molecule has 1 N–H and O–H groups in total. The second-order valence-electron chi connectivity index (χ2n) is 3.35. The van der Waals surface area contributed by atoms with E-state index in [4.69, 9.17) is 11.2 Å². The van der Waals surface area contributed by atoms with Crippen LogP contribution in [0.5, 0.6) is 0 Å². The minimum Gasteiger partial charge on any atom is -0.377 e. The molecule has 14 heavy (non-hydrogen) atoms. The molecule has 2 nitrogen and oxygen atoms in total. The predicted molar refractivity (Wildman–Crippen MR) is 61.2 cm³/mol. The van der Waals surface area contributed by atoms with Gasteiger partial charge in [-0.2, -0.15) is 0 Å². The molecule has 0 heterocycles. The zero-order valence-corrected chi connectivity index (χ0v) is 9.68. The van der Waals surface area contributed by atoms with E-state index in [1.165, 1.54) is 0 Å². The fourth-order valence-corrected chi connectivity index (χ4v) is 1.62. The summed E-state index contributed by atoms with van der Waals surface area (Å²) in [5.41, 5.74) is 0. The van der Waals surface area contributed by atoms with Crippen LogP contribution in [0.15, 0.2) is 0 Å². The Bertz CT molecular complexity index is 156. The second-order valence-corrected chi connectivity index (χ2v) is 3.35. The van der Waals surface area contributed by atoms with E-state index in [1.54, 1.807) is 0 Å². The summed E-state index contributed by atoms with van der Waals surface area (Å²) in [5, 5.41) is 3.39. The molecule has 0 radical (unpaired) electrons. The fraction of sp³-hybridized carbons (Fsp3) is 0.833. The molecule has 2 unspecified atom stereocenters. The molecule has 0 rings (SSSR count). The van der Waals surface area contributed by atoms with Gasteiger partial charge in [-0.3, -0.25) is 0 Å². The van der Waals surface area contributed by atoms with Gasteiger partial charge < -0.3 is 10.1 Å². The highest BCUT2D eigenvalue weighted by Gasteiger charge is 2.18. The maximum absolute atomic E-state index is 5.69. The van der Waals surface area contributed by atoms with Crippen LogP contribution in [-0.4, -0.2) is 25.3 Å². The van der Waals surface area contributed by atoms with Crippen LogP contribution in [0, 0.1) is 12.3 Å². The highest BCUT2D eigenvalue weighted by Crippen LogP contribution is 2.10. The topological polar surface area (TPSA) is 21.3 Å². The first kappa shape index (κ1) is 13.5. The zero-order valence-electron chi connectivity index (χ0n) is 9.68. The summed E-state index contributed by atoms with van der Waals surface area (Å²) in [7, 11) is 0. The molecular weight excluding hydrogens is 174 g/mol. The van der Waals surface area contributed by atoms with Crippen molar-refractivity contribution < 1.29 is 4.74 Å². The molecule has 0 aromatic carbocycles. The number of terminal acetylenes is 1. The van der Waals surface area contributed by atoms with Crippen molar-refractivity contribution in [2.24, 2.45) is 0 Å². The summed E-state index contributed by atoms with van der Waals surface area (Å²) in [6.07, 6.45) is 8.57. The third-order valence-corrected chi connectivity index (χ3v) is 2.21. The van der Waals surface area contributed by atoms with Crippen LogP contribution in [0.2, 0.25) is 0 Å². The first-order chi connectivity index (χ1) is 6.79. The standard InChI is InChI=1S/C12H23NO/c1-5-9-11(13-7-3)12(10-6-2)14-8-4/h1,11-13H,6-10H2,2-4H3. The van der Waals surface area contributed by atoms with Gasteiger partial charge in [-0.15, -0.1) is 12.3 Å². The molecule has 0 aromatic heterocycles. The van der Waals surface area contributed by atoms with Crippen molar-refractivity contribution in [2.45, 2.75) is 52.2 Å². The maximum atomic E-state index is 5.69. The van der Waals surface area contributed by atoms with E-state index in [1.807, 2.05) is 6.92 Å². The molecular formula is C12H23NO. The van der Waals surface area contributed by atoms with Gasteiger partial charge in [0.15, 0.2) is 0 Å². The summed E-state index contributed by atoms with van der Waals surface area (Å²) in [6.45, 7) is 8.00. The molecule has 2 atom stereocenters. The molecule has 0 saturated carbocycles. The minimum absolute atomic E-state index is 0.265. The van der Waals surface area contributed by atoms with Crippen LogP contribution in [0.4, 0.5) is 0 Å². The first-order valence-electron chi connectivity index (χ1n) is 5.58. The Kier molecular flexibility index (Phi) is 8.72. The first-order valence-corrected chi connectivity index (χ1v) is 5.58. The monoisotopic (exact) mass is 197 g/mol. The van der Waals surface area contributed by atoms with Gasteiger partial charge in [0.05, 0.1) is 6.10 Å². The lowest BCUT2D eigenvalue weighted by Gasteiger charge is -2.26. The van der Waals surface area contributed by atoms with Crippen molar-refractivity contribution in [3.63, 3.8) is 0 Å². The number of hydrogen-bond acceptors (Lipinski definition) is 2. The van der Waals surface area contributed by atoms with Gasteiger partial charge in [-0.05, 0) is 19.9 Å². The minimum atomic E-state index is 0.265. The Labute approximate surface area is 88.4 Å². The molecule has 82 valence electrons. The smallest absolute Gasteiger partial charge is 0.0737 e. The van der Waals surface area contributed by atoms with Crippen molar-refractivity contribution in [2.75, 3.05) is 13.2 Å². The normalized spacial score (nSPS) is 14.7. The Morgan fingerprint density at radius 2 is 2.07 bits per heavy atom. The fourth-order valence-electron chi connectivity index (χ4n) is 1.62. The molecule has 0 amide bonds. The Morgan fingerprint density at radius 1 is 1.36 bits per heavy atom. The van der Waals surface area contributed by atoms with Crippen molar-refractivity contribution in [1.29, 1.82) is 0 Å². The highest BCUT2D eigenvalue weighted by atomic mass is 16.5. The molecule has 0 spiro atoms. The van der Waals surface area contributed by atoms with Gasteiger partial charge in [0.25, 0.3) is 0 Å². The Morgan fingerprint density at radius 3 is 2.50 bits per heavy atom. The van der Waals surface area contributed by atoms with Crippen LogP contribution < -0.4 is 5.32 Å². The second kappa shape index (κ2) is 9.05. The van der Waals surface area contributed by atoms with Crippen LogP contribution >= 0.6 is 0 Å². The average molecular weight is 197 g/mol. The highest BCUT2D eigenvalue weighted by molar-refractivity contribution is 4.93. The van der Waals surface area contributed by atoms with E-state index >= 15 is 0 Å². The van der Waals surface area contributed by atoms with E-state index < -0.39 is 0 Å². The number of hydrogen-bond donors (Lipinski definition) is 1. The van der Waals surface area contributed by atoms with E-state index in [-0.39, 0.29) is 6.10 Å². The Balaban J connectivity index is 4.14. The Hall–Kier alpha value is -0.520. The lowest BCUT2D eigenvalue weighted by Crippen LogP contribution is -2.41. The lowest BCUT2D eigenvalue weighted by molar-refractivity contribution is 0.0297. The van der Waals surface area contributed by atoms with Crippen molar-refractivity contribution in [3.05, 3.63) is 0 Å². The average Bonchev–Trinajstić information content (AvgIpc) is 2.17. The SMILES string of the molecule is C#CCC(NCC)C(CCC)OCC. The maximum Gasteiger partial charge on any atom is 0.0737 e. The summed E-state index contributed by atoms with van der Waals surface area (Å²) in [4.78, 5) is 0. The summed E-state index contributed by atoms with van der Waals surface area (Å²) in [5.74, 6) is 2.71. The molecule has 0 bridgehead atoms. The van der Waals surface area contributed by atoms with Crippen molar-refractivity contribution in [1.82, 2.24) is 5.32 Å². The summed E-state index contributed by atoms with van der Waals surface area (Å²) in [6, 6.07) is 0.310. The molecule has 2 heteroatoms. The lowest BCUT2D eigenvalue weighted by atomic mass is 10.0. The van der Waals surface area contributed by atoms with Gasteiger partial charge in [-0.1, -0.05) is 20.3 Å². The zero-order chi connectivity index (χ0) is 10.8. The van der Waals surface area contributed by atoms with Gasteiger partial charge in [0.2, 0.25) is 0 Å². The number of rotatable bonds is 8. The molecule has 0 saturated heterocycles. The number of nitrogens with one attached hydrogen (secondary N) is 1. The molecule has 0 aliphatic heterocycles. The molecule has 0 aliphatic rings. The van der Waals surface area contributed by atoms with Crippen molar-refractivity contribution in [3.8, 4) is 12.3 Å². The van der Waals surface area contributed by atoms with Crippen molar-refractivity contribution >= 4 is 0 Å². The largest absolute Gasteiger partial charge is 0.377 e. The molecule has 0 fully saturated rings. The molecule has 0 aliphatic carbocycles. The summed E-state index contributed by atoms with van der Waals surface area (Å²) >= 11 is 0. The van der Waals surface area contributed by atoms with Gasteiger partial charge in [0.1, 0.15) is 0 Å². The van der Waals surface area contributed by atoms with E-state index in [9.17, 15) is 0 Å². The van der Waals surface area contributed by atoms with Gasteiger partial charge >= 0.3 is 0 Å². The number of ether oxygens (including phenoxy) is 1. The summed E-state index contributed by atoms with van der Waals surface area (Å²) < 4.78 is 5.69. The van der Waals surface area contributed by atoms with Gasteiger partial charge in [-0.25, -0.2) is 0 Å². The number of likely N-dealkylation sites (N-methyl/N-ethyl adjacent to an activating group) is 1. The van der Waals surface area contributed by atoms with Crippen LogP contribution in [-0.2, 0) is 4.74 Å². The quantitative estimate of drug-likeness (QED) is 0.602. The van der Waals surface area contributed by atoms with Crippen LogP contribution in [0.3, 0.4) is 0 Å². The van der Waals surface area contributed by atoms with Crippen LogP contribution in [0.1, 0.15) is 40.0 Å². The van der Waals surface area contributed by atoms with E-state index in [0.717, 1.165) is 32.4 Å². The van der Waals surface area contributed by atoms with Gasteiger partial charge in [0, 0.05) is 19.1 Å².